The summed E-state index contributed by atoms with van der Waals surface area (Å²) in [6.07, 6.45) is 0.717. The minimum atomic E-state index is -4.14. The minimum Gasteiger partial charge on any atom is -0.335 e. The molecule has 11 heteroatoms. The summed E-state index contributed by atoms with van der Waals surface area (Å²) in [6.45, 7) is 0.0947. The van der Waals surface area contributed by atoms with Crippen LogP contribution in [0.1, 0.15) is 24.4 Å². The van der Waals surface area contributed by atoms with E-state index in [1.54, 1.807) is 24.3 Å². The molecule has 2 aromatic carbocycles. The van der Waals surface area contributed by atoms with E-state index in [2.05, 4.69) is 5.32 Å². The van der Waals surface area contributed by atoms with Crippen molar-refractivity contribution < 1.29 is 18.1 Å². The van der Waals surface area contributed by atoms with Crippen molar-refractivity contribution >= 4 is 33.2 Å². The minimum absolute atomic E-state index is 0.0947. The summed E-state index contributed by atoms with van der Waals surface area (Å²) in [4.78, 5) is 22.9. The molecule has 0 saturated carbocycles. The number of hydrogen-bond donors (Lipinski definition) is 1. The van der Waals surface area contributed by atoms with Crippen molar-refractivity contribution in [2.75, 3.05) is 6.54 Å². The third kappa shape index (κ3) is 4.43. The zero-order chi connectivity index (χ0) is 21.9. The number of nitriles is 1. The molecular weight excluding hydrogens is 432 g/mol. The van der Waals surface area contributed by atoms with Gasteiger partial charge in [0.05, 0.1) is 15.9 Å². The zero-order valence-corrected chi connectivity index (χ0v) is 17.1. The van der Waals surface area contributed by atoms with E-state index in [0.717, 1.165) is 10.4 Å². The van der Waals surface area contributed by atoms with E-state index in [1.165, 1.54) is 18.2 Å². The van der Waals surface area contributed by atoms with E-state index in [-0.39, 0.29) is 23.5 Å². The Hall–Kier alpha value is -3.00. The normalized spacial score (nSPS) is 17.8. The van der Waals surface area contributed by atoms with Crippen LogP contribution >= 0.6 is 11.6 Å². The molecule has 0 radical (unpaired) electrons. The molecule has 30 heavy (non-hydrogen) atoms. The molecule has 2 unspecified atom stereocenters. The Morgan fingerprint density at radius 1 is 1.30 bits per heavy atom. The van der Waals surface area contributed by atoms with Gasteiger partial charge >= 0.3 is 0 Å². The Balaban J connectivity index is 1.84. The number of sulfonamides is 1. The molecule has 2 aromatic rings. The lowest BCUT2D eigenvalue weighted by atomic mass is 10.1. The van der Waals surface area contributed by atoms with E-state index in [4.69, 9.17) is 11.6 Å². The van der Waals surface area contributed by atoms with Gasteiger partial charge in [0.15, 0.2) is 0 Å². The summed E-state index contributed by atoms with van der Waals surface area (Å²) in [5.74, 6) is -0.618. The number of non-ortho nitro benzene ring substituents is 1. The fraction of sp³-hybridized carbons (Fsp3) is 0.263. The molecule has 1 N–H and O–H groups in total. The van der Waals surface area contributed by atoms with Crippen molar-refractivity contribution in [2.24, 2.45) is 0 Å². The highest BCUT2D eigenvalue weighted by Gasteiger charge is 2.40. The highest BCUT2D eigenvalue weighted by Crippen LogP contribution is 2.28. The summed E-state index contributed by atoms with van der Waals surface area (Å²) in [5.41, 5.74) is 0.117. The molecule has 1 fully saturated rings. The number of halogens is 1. The second-order valence-corrected chi connectivity index (χ2v) is 8.98. The van der Waals surface area contributed by atoms with Gasteiger partial charge in [-0.3, -0.25) is 14.9 Å². The molecule has 0 bridgehead atoms. The van der Waals surface area contributed by atoms with E-state index in [0.29, 0.717) is 17.0 Å². The van der Waals surface area contributed by atoms with Crippen molar-refractivity contribution in [1.29, 1.82) is 5.26 Å². The van der Waals surface area contributed by atoms with Gasteiger partial charge in [-0.15, -0.1) is 0 Å². The quantitative estimate of drug-likeness (QED) is 0.533. The molecule has 9 nitrogen and oxygen atoms in total. The van der Waals surface area contributed by atoms with Crippen LogP contribution in [0.5, 0.6) is 0 Å². The molecular formula is C19H17ClN4O5S. The first kappa shape index (κ1) is 21.7. The predicted molar refractivity (Wildman–Crippen MR) is 108 cm³/mol. The van der Waals surface area contributed by atoms with Crippen LogP contribution in [-0.4, -0.2) is 36.1 Å². The van der Waals surface area contributed by atoms with E-state index in [1.807, 2.05) is 6.07 Å². The molecule has 156 valence electrons. The first-order valence-corrected chi connectivity index (χ1v) is 10.8. The Kier molecular flexibility index (Phi) is 6.36. The van der Waals surface area contributed by atoms with E-state index in [9.17, 15) is 28.6 Å². The van der Waals surface area contributed by atoms with Crippen LogP contribution in [0.4, 0.5) is 5.69 Å². The van der Waals surface area contributed by atoms with Crippen LogP contribution in [0.15, 0.2) is 53.4 Å². The molecule has 1 saturated heterocycles. The average Bonchev–Trinajstić information content (AvgIpc) is 3.23. The average molecular weight is 449 g/mol. The molecule has 1 amide bonds. The highest BCUT2D eigenvalue weighted by molar-refractivity contribution is 7.89. The number of rotatable bonds is 6. The number of benzene rings is 2. The largest absolute Gasteiger partial charge is 0.335 e. The smallest absolute Gasteiger partial charge is 0.270 e. The second-order valence-electron chi connectivity index (χ2n) is 6.65. The Labute approximate surface area is 178 Å². The van der Waals surface area contributed by atoms with Crippen LogP contribution in [0.25, 0.3) is 0 Å². The number of amides is 1. The lowest BCUT2D eigenvalue weighted by molar-refractivity contribution is -0.385. The lowest BCUT2D eigenvalue weighted by Gasteiger charge is -2.24. The maximum Gasteiger partial charge on any atom is 0.270 e. The number of hydrogen-bond acceptors (Lipinski definition) is 6. The first-order chi connectivity index (χ1) is 14.2. The van der Waals surface area contributed by atoms with Gasteiger partial charge in [0, 0.05) is 23.7 Å². The molecule has 3 rings (SSSR count). The van der Waals surface area contributed by atoms with Crippen molar-refractivity contribution in [1.82, 2.24) is 9.62 Å². The number of nitro groups is 1. The van der Waals surface area contributed by atoms with Gasteiger partial charge in [-0.25, -0.2) is 8.42 Å². The number of carbonyl (C=O) groups excluding carboxylic acids is 1. The van der Waals surface area contributed by atoms with Crippen LogP contribution < -0.4 is 5.32 Å². The summed E-state index contributed by atoms with van der Waals surface area (Å²) in [6, 6.07) is 11.1. The van der Waals surface area contributed by atoms with Gasteiger partial charge in [-0.05, 0) is 36.6 Å². The van der Waals surface area contributed by atoms with Gasteiger partial charge in [0.25, 0.3) is 5.69 Å². The number of nitrogens with one attached hydrogen (secondary N) is 1. The van der Waals surface area contributed by atoms with Crippen LogP contribution in [0, 0.1) is 21.4 Å². The number of nitro benzene ring substituents is 1. The molecule has 2 atom stereocenters. The fourth-order valence-electron chi connectivity index (χ4n) is 3.30. The Morgan fingerprint density at radius 3 is 2.70 bits per heavy atom. The van der Waals surface area contributed by atoms with Crippen LogP contribution in [0.2, 0.25) is 5.02 Å². The van der Waals surface area contributed by atoms with E-state index >= 15 is 0 Å². The summed E-state index contributed by atoms with van der Waals surface area (Å²) in [5, 5.41) is 23.4. The summed E-state index contributed by atoms with van der Waals surface area (Å²) in [7, 11) is -4.14. The van der Waals surface area contributed by atoms with Crippen molar-refractivity contribution in [3.05, 3.63) is 69.2 Å². The topological polar surface area (TPSA) is 133 Å². The maximum atomic E-state index is 13.0. The molecule has 1 aliphatic rings. The third-order valence-corrected chi connectivity index (χ3v) is 6.88. The first-order valence-electron chi connectivity index (χ1n) is 8.96. The van der Waals surface area contributed by atoms with Gasteiger partial charge in [0.2, 0.25) is 15.9 Å². The van der Waals surface area contributed by atoms with Gasteiger partial charge in [0.1, 0.15) is 12.1 Å². The maximum absolute atomic E-state index is 13.0. The van der Waals surface area contributed by atoms with Crippen molar-refractivity contribution in [2.45, 2.75) is 29.8 Å². The number of carbonyl (C=O) groups is 1. The standard InChI is InChI=1S/C19H17ClN4O5S/c20-14-5-1-4-13(10-14)17(12-21)22-19(25)18-8-3-9-23(18)30(28,29)16-7-2-6-15(11-16)24(26)27/h1-2,4-7,10-11,17-18H,3,8-9H2,(H,22,25). The zero-order valence-electron chi connectivity index (χ0n) is 15.6. The fourth-order valence-corrected chi connectivity index (χ4v) is 5.19. The molecule has 1 heterocycles. The van der Waals surface area contributed by atoms with Crippen molar-refractivity contribution in [3.63, 3.8) is 0 Å². The molecule has 1 aliphatic heterocycles. The summed E-state index contributed by atoms with van der Waals surface area (Å²) >= 11 is 5.94. The predicted octanol–water partition coefficient (Wildman–Crippen LogP) is 2.78. The third-order valence-electron chi connectivity index (χ3n) is 4.74. The lowest BCUT2D eigenvalue weighted by Crippen LogP contribution is -2.46. The summed E-state index contributed by atoms with van der Waals surface area (Å²) < 4.78 is 27.1. The molecule has 0 aliphatic carbocycles. The monoisotopic (exact) mass is 448 g/mol. The Morgan fingerprint density at radius 2 is 2.03 bits per heavy atom. The number of nitrogens with zero attached hydrogens (tertiary/aromatic N) is 3. The van der Waals surface area contributed by atoms with Gasteiger partial charge < -0.3 is 5.32 Å². The molecule has 0 aromatic heterocycles. The second kappa shape index (κ2) is 8.79. The van der Waals surface area contributed by atoms with Gasteiger partial charge in [-0.1, -0.05) is 29.8 Å². The van der Waals surface area contributed by atoms with Crippen LogP contribution in [0.3, 0.4) is 0 Å². The van der Waals surface area contributed by atoms with E-state index < -0.39 is 32.9 Å². The van der Waals surface area contributed by atoms with Crippen molar-refractivity contribution in [3.8, 4) is 6.07 Å². The highest BCUT2D eigenvalue weighted by atomic mass is 35.5. The van der Waals surface area contributed by atoms with Gasteiger partial charge in [-0.2, -0.15) is 9.57 Å². The SMILES string of the molecule is N#CC(NC(=O)C1CCCN1S(=O)(=O)c1cccc([N+](=O)[O-])c1)c1cccc(Cl)c1. The molecule has 0 spiro atoms. The van der Waals surface area contributed by atoms with Crippen LogP contribution in [-0.2, 0) is 14.8 Å². The Bertz CT molecular complexity index is 1130.